The Morgan fingerprint density at radius 2 is 2.31 bits per heavy atom. The molecule has 2 nitrogen and oxygen atoms in total. The molecular formula is C10H9FN2. The van der Waals surface area contributed by atoms with Gasteiger partial charge in [0.1, 0.15) is 5.82 Å². The zero-order valence-corrected chi connectivity index (χ0v) is 7.05. The molecule has 1 atom stereocenters. The Bertz CT molecular complexity index is 393. The van der Waals surface area contributed by atoms with Gasteiger partial charge in [-0.2, -0.15) is 5.26 Å². The molecule has 0 aliphatic heterocycles. The molecule has 0 amide bonds. The lowest BCUT2D eigenvalue weighted by atomic mass is 10.0. The summed E-state index contributed by atoms with van der Waals surface area (Å²) in [5, 5.41) is 8.77. The predicted octanol–water partition coefficient (Wildman–Crippen LogP) is 1.64. The molecule has 1 aliphatic rings. The van der Waals surface area contributed by atoms with Gasteiger partial charge < -0.3 is 5.73 Å². The van der Waals surface area contributed by atoms with Crippen molar-refractivity contribution >= 4 is 0 Å². The van der Waals surface area contributed by atoms with Crippen molar-refractivity contribution in [3.63, 3.8) is 0 Å². The average Bonchev–Trinajstić information content (AvgIpc) is 2.46. The van der Waals surface area contributed by atoms with Crippen molar-refractivity contribution in [2.24, 2.45) is 5.73 Å². The van der Waals surface area contributed by atoms with Crippen molar-refractivity contribution in [3.05, 3.63) is 34.6 Å². The maximum Gasteiger partial charge on any atom is 0.124 e. The Morgan fingerprint density at radius 1 is 1.54 bits per heavy atom. The second-order valence-corrected chi connectivity index (χ2v) is 3.28. The highest BCUT2D eigenvalue weighted by Gasteiger charge is 2.23. The molecule has 0 spiro atoms. The summed E-state index contributed by atoms with van der Waals surface area (Å²) >= 11 is 0. The van der Waals surface area contributed by atoms with Crippen LogP contribution in [0.1, 0.15) is 29.2 Å². The fraction of sp³-hybridized carbons (Fsp3) is 0.300. The van der Waals surface area contributed by atoms with Crippen LogP contribution in [0.5, 0.6) is 0 Å². The minimum atomic E-state index is -0.343. The summed E-state index contributed by atoms with van der Waals surface area (Å²) in [6.45, 7) is 0. The van der Waals surface area contributed by atoms with Crippen molar-refractivity contribution in [2.45, 2.75) is 18.9 Å². The molecule has 13 heavy (non-hydrogen) atoms. The van der Waals surface area contributed by atoms with Crippen LogP contribution in [0.15, 0.2) is 12.1 Å². The van der Waals surface area contributed by atoms with Gasteiger partial charge in [0, 0.05) is 6.04 Å². The summed E-state index contributed by atoms with van der Waals surface area (Å²) < 4.78 is 12.9. The number of aryl methyl sites for hydroxylation is 1. The van der Waals surface area contributed by atoms with Crippen molar-refractivity contribution in [3.8, 4) is 6.07 Å². The zero-order valence-electron chi connectivity index (χ0n) is 7.05. The lowest BCUT2D eigenvalue weighted by Crippen LogP contribution is -2.07. The van der Waals surface area contributed by atoms with Crippen LogP contribution in [0.25, 0.3) is 0 Å². The van der Waals surface area contributed by atoms with E-state index in [4.69, 9.17) is 11.0 Å². The molecule has 66 valence electrons. The van der Waals surface area contributed by atoms with Crippen LogP contribution in [-0.4, -0.2) is 0 Å². The molecule has 0 saturated carbocycles. The number of hydrogen-bond donors (Lipinski definition) is 1. The smallest absolute Gasteiger partial charge is 0.124 e. The standard InChI is InChI=1S/C10H9FN2/c11-8-3-6-1-2-9(13)10(6)7(4-8)5-12/h3-4,9H,1-2,13H2/t9-/m1/s1. The highest BCUT2D eigenvalue weighted by Crippen LogP contribution is 2.32. The molecule has 0 aromatic heterocycles. The van der Waals surface area contributed by atoms with Gasteiger partial charge >= 0.3 is 0 Å². The Balaban J connectivity index is 2.66. The molecule has 2 N–H and O–H groups in total. The van der Waals surface area contributed by atoms with Crippen molar-refractivity contribution < 1.29 is 4.39 Å². The summed E-state index contributed by atoms with van der Waals surface area (Å²) in [5.41, 5.74) is 7.92. The van der Waals surface area contributed by atoms with E-state index in [1.165, 1.54) is 12.1 Å². The molecule has 0 unspecified atom stereocenters. The molecule has 1 aromatic rings. The van der Waals surface area contributed by atoms with Gasteiger partial charge in [0.05, 0.1) is 11.6 Å². The Hall–Kier alpha value is -1.40. The minimum absolute atomic E-state index is 0.0924. The second kappa shape index (κ2) is 2.82. The summed E-state index contributed by atoms with van der Waals surface area (Å²) in [6.07, 6.45) is 1.59. The second-order valence-electron chi connectivity index (χ2n) is 3.28. The molecule has 0 heterocycles. The monoisotopic (exact) mass is 176 g/mol. The summed E-state index contributed by atoms with van der Waals surface area (Å²) in [5.74, 6) is -0.343. The lowest BCUT2D eigenvalue weighted by Gasteiger charge is -2.06. The maximum absolute atomic E-state index is 12.9. The largest absolute Gasteiger partial charge is 0.324 e. The minimum Gasteiger partial charge on any atom is -0.324 e. The van der Waals surface area contributed by atoms with Gasteiger partial charge in [0.15, 0.2) is 0 Å². The van der Waals surface area contributed by atoms with E-state index in [1.54, 1.807) is 0 Å². The van der Waals surface area contributed by atoms with Gasteiger partial charge in [0.2, 0.25) is 0 Å². The van der Waals surface area contributed by atoms with Gasteiger partial charge in [-0.3, -0.25) is 0 Å². The van der Waals surface area contributed by atoms with E-state index in [0.29, 0.717) is 5.56 Å². The first-order chi connectivity index (χ1) is 6.22. The fourth-order valence-electron chi connectivity index (χ4n) is 1.87. The SMILES string of the molecule is N#Cc1cc(F)cc2c1[C@H](N)CC2. The number of benzene rings is 1. The zero-order chi connectivity index (χ0) is 9.42. The quantitative estimate of drug-likeness (QED) is 0.653. The first kappa shape index (κ1) is 8.21. The molecule has 0 saturated heterocycles. The number of rotatable bonds is 0. The summed E-state index contributed by atoms with van der Waals surface area (Å²) in [4.78, 5) is 0. The van der Waals surface area contributed by atoms with Crippen molar-refractivity contribution in [2.75, 3.05) is 0 Å². The summed E-state index contributed by atoms with van der Waals surface area (Å²) in [7, 11) is 0. The number of hydrogen-bond acceptors (Lipinski definition) is 2. The van der Waals surface area contributed by atoms with Crippen LogP contribution < -0.4 is 5.73 Å². The third-order valence-electron chi connectivity index (χ3n) is 2.45. The molecule has 0 bridgehead atoms. The van der Waals surface area contributed by atoms with Crippen molar-refractivity contribution in [1.82, 2.24) is 0 Å². The normalized spacial score (nSPS) is 19.6. The number of halogens is 1. The highest BCUT2D eigenvalue weighted by atomic mass is 19.1. The Kier molecular flexibility index (Phi) is 1.78. The molecule has 2 rings (SSSR count). The van der Waals surface area contributed by atoms with E-state index < -0.39 is 0 Å². The Labute approximate surface area is 75.8 Å². The fourth-order valence-corrected chi connectivity index (χ4v) is 1.87. The van der Waals surface area contributed by atoms with E-state index in [-0.39, 0.29) is 11.9 Å². The molecule has 1 aliphatic carbocycles. The van der Waals surface area contributed by atoms with Crippen LogP contribution >= 0.6 is 0 Å². The van der Waals surface area contributed by atoms with Crippen LogP contribution in [-0.2, 0) is 6.42 Å². The Morgan fingerprint density at radius 3 is 3.00 bits per heavy atom. The molecule has 0 fully saturated rings. The number of nitrogens with zero attached hydrogens (tertiary/aromatic N) is 1. The third kappa shape index (κ3) is 1.20. The van der Waals surface area contributed by atoms with E-state index in [9.17, 15) is 4.39 Å². The van der Waals surface area contributed by atoms with E-state index >= 15 is 0 Å². The molecule has 0 radical (unpaired) electrons. The van der Waals surface area contributed by atoms with Crippen LogP contribution in [0.4, 0.5) is 4.39 Å². The van der Waals surface area contributed by atoms with Crippen molar-refractivity contribution in [1.29, 1.82) is 5.26 Å². The first-order valence-electron chi connectivity index (χ1n) is 4.20. The molecular weight excluding hydrogens is 167 g/mol. The van der Waals surface area contributed by atoms with Gasteiger partial charge in [-0.1, -0.05) is 0 Å². The maximum atomic E-state index is 12.9. The van der Waals surface area contributed by atoms with Gasteiger partial charge in [-0.05, 0) is 36.1 Å². The van der Waals surface area contributed by atoms with E-state index in [1.807, 2.05) is 6.07 Å². The third-order valence-corrected chi connectivity index (χ3v) is 2.45. The number of nitriles is 1. The number of fused-ring (bicyclic) bond motifs is 1. The lowest BCUT2D eigenvalue weighted by molar-refractivity contribution is 0.625. The summed E-state index contributed by atoms with van der Waals surface area (Å²) in [6, 6.07) is 4.62. The highest BCUT2D eigenvalue weighted by molar-refractivity contribution is 5.47. The number of nitrogens with two attached hydrogens (primary N) is 1. The van der Waals surface area contributed by atoms with E-state index in [2.05, 4.69) is 0 Å². The van der Waals surface area contributed by atoms with Gasteiger partial charge in [-0.15, -0.1) is 0 Å². The average molecular weight is 176 g/mol. The van der Waals surface area contributed by atoms with Crippen LogP contribution in [0, 0.1) is 17.1 Å². The van der Waals surface area contributed by atoms with Crippen LogP contribution in [0.3, 0.4) is 0 Å². The van der Waals surface area contributed by atoms with E-state index in [0.717, 1.165) is 24.0 Å². The topological polar surface area (TPSA) is 49.8 Å². The first-order valence-corrected chi connectivity index (χ1v) is 4.20. The molecule has 3 heteroatoms. The predicted molar refractivity (Wildman–Crippen MR) is 46.4 cm³/mol. The van der Waals surface area contributed by atoms with Gasteiger partial charge in [-0.25, -0.2) is 4.39 Å². The van der Waals surface area contributed by atoms with Gasteiger partial charge in [0.25, 0.3) is 0 Å². The molecule has 1 aromatic carbocycles. The van der Waals surface area contributed by atoms with Crippen LogP contribution in [0.2, 0.25) is 0 Å².